The summed E-state index contributed by atoms with van der Waals surface area (Å²) in [4.78, 5) is 13.3. The molecule has 1 aromatic carbocycles. The smallest absolute Gasteiger partial charge is 0.223 e. The maximum atomic E-state index is 12.0. The van der Waals surface area contributed by atoms with E-state index in [0.717, 1.165) is 30.0 Å². The molecule has 1 heterocycles. The zero-order valence-corrected chi connectivity index (χ0v) is 11.7. The first-order valence-corrected chi connectivity index (χ1v) is 7.83. The molecule has 3 rings (SSSR count). The predicted molar refractivity (Wildman–Crippen MR) is 75.0 cm³/mol. The maximum Gasteiger partial charge on any atom is 0.223 e. The molecule has 1 N–H and O–H groups in total. The largest absolute Gasteiger partial charge is 0.349 e. The van der Waals surface area contributed by atoms with Crippen molar-refractivity contribution in [2.75, 3.05) is 5.75 Å². The van der Waals surface area contributed by atoms with Crippen LogP contribution in [0.1, 0.15) is 37.3 Å². The second-order valence-electron chi connectivity index (χ2n) is 5.01. The lowest BCUT2D eigenvalue weighted by Gasteiger charge is -2.30. The molecule has 18 heavy (non-hydrogen) atoms. The van der Waals surface area contributed by atoms with E-state index >= 15 is 0 Å². The van der Waals surface area contributed by atoms with Gasteiger partial charge in [-0.05, 0) is 43.0 Å². The fraction of sp³-hybridized carbons (Fsp3) is 0.500. The molecular weight excluding hydrogens is 266 g/mol. The van der Waals surface area contributed by atoms with E-state index in [9.17, 15) is 4.79 Å². The number of hydrogen-bond donors (Lipinski definition) is 1. The zero-order valence-electron chi connectivity index (χ0n) is 10.1. The van der Waals surface area contributed by atoms with Gasteiger partial charge < -0.3 is 5.32 Å². The molecule has 1 unspecified atom stereocenters. The highest BCUT2D eigenvalue weighted by atomic mass is 35.5. The van der Waals surface area contributed by atoms with Crippen LogP contribution in [0.5, 0.6) is 0 Å². The van der Waals surface area contributed by atoms with Crippen molar-refractivity contribution in [2.45, 2.75) is 36.6 Å². The molecule has 1 aliphatic carbocycles. The van der Waals surface area contributed by atoms with Gasteiger partial charge >= 0.3 is 0 Å². The molecule has 0 aromatic heterocycles. The number of fused-ring (bicyclic) bond motifs is 1. The first-order chi connectivity index (χ1) is 8.74. The summed E-state index contributed by atoms with van der Waals surface area (Å²) in [5.74, 6) is 1.54. The molecule has 2 aliphatic rings. The molecule has 2 nitrogen and oxygen atoms in total. The van der Waals surface area contributed by atoms with Crippen LogP contribution in [0.2, 0.25) is 5.02 Å². The van der Waals surface area contributed by atoms with Gasteiger partial charge in [0.1, 0.15) is 0 Å². The predicted octanol–water partition coefficient (Wildman–Crippen LogP) is 3.79. The van der Waals surface area contributed by atoms with Crippen molar-refractivity contribution in [3.63, 3.8) is 0 Å². The minimum absolute atomic E-state index is 0.146. The molecule has 0 spiro atoms. The number of amides is 1. The average Bonchev–Trinajstić information content (AvgIpc) is 2.27. The normalized spacial score (nSPS) is 23.1. The van der Waals surface area contributed by atoms with Crippen LogP contribution >= 0.6 is 23.4 Å². The number of benzene rings is 1. The maximum absolute atomic E-state index is 12.0. The molecule has 1 aromatic rings. The summed E-state index contributed by atoms with van der Waals surface area (Å²) in [5.41, 5.74) is 1.19. The third kappa shape index (κ3) is 2.39. The Bertz CT molecular complexity index is 473. The van der Waals surface area contributed by atoms with E-state index in [2.05, 4.69) is 11.4 Å². The Balaban J connectivity index is 1.77. The van der Waals surface area contributed by atoms with Crippen molar-refractivity contribution in [2.24, 2.45) is 5.92 Å². The van der Waals surface area contributed by atoms with E-state index < -0.39 is 0 Å². The van der Waals surface area contributed by atoms with Crippen LogP contribution in [0.25, 0.3) is 0 Å². The van der Waals surface area contributed by atoms with E-state index in [4.69, 9.17) is 11.6 Å². The second kappa shape index (κ2) is 5.14. The van der Waals surface area contributed by atoms with Gasteiger partial charge in [-0.25, -0.2) is 0 Å². The van der Waals surface area contributed by atoms with Gasteiger partial charge in [-0.15, -0.1) is 11.8 Å². The van der Waals surface area contributed by atoms with E-state index in [1.54, 1.807) is 0 Å². The van der Waals surface area contributed by atoms with Gasteiger partial charge in [0, 0.05) is 21.6 Å². The van der Waals surface area contributed by atoms with Crippen LogP contribution in [-0.4, -0.2) is 11.7 Å². The van der Waals surface area contributed by atoms with Gasteiger partial charge in [-0.3, -0.25) is 4.79 Å². The summed E-state index contributed by atoms with van der Waals surface area (Å²) in [6, 6.07) is 6.12. The van der Waals surface area contributed by atoms with Crippen molar-refractivity contribution in [3.05, 3.63) is 28.8 Å². The molecule has 1 fully saturated rings. The molecule has 96 valence electrons. The molecule has 0 bridgehead atoms. The monoisotopic (exact) mass is 281 g/mol. The Kier molecular flexibility index (Phi) is 3.53. The van der Waals surface area contributed by atoms with Crippen molar-refractivity contribution >= 4 is 29.3 Å². The number of carbonyl (C=O) groups is 1. The number of hydrogen-bond acceptors (Lipinski definition) is 2. The average molecular weight is 282 g/mol. The van der Waals surface area contributed by atoms with Gasteiger partial charge in [0.25, 0.3) is 0 Å². The van der Waals surface area contributed by atoms with Gasteiger partial charge in [0.05, 0.1) is 6.04 Å². The summed E-state index contributed by atoms with van der Waals surface area (Å²) in [7, 11) is 0. The SMILES string of the molecule is O=C(NC1CCSc2ccc(Cl)cc21)C1CCC1. The number of thioether (sulfide) groups is 1. The number of halogens is 1. The molecule has 1 saturated carbocycles. The summed E-state index contributed by atoms with van der Waals surface area (Å²) in [5, 5.41) is 3.94. The minimum Gasteiger partial charge on any atom is -0.349 e. The highest BCUT2D eigenvalue weighted by Gasteiger charge is 2.29. The minimum atomic E-state index is 0.146. The van der Waals surface area contributed by atoms with Crippen LogP contribution in [0, 0.1) is 5.92 Å². The van der Waals surface area contributed by atoms with Crippen molar-refractivity contribution in [1.82, 2.24) is 5.32 Å². The molecule has 0 radical (unpaired) electrons. The summed E-state index contributed by atoms with van der Waals surface area (Å²) >= 11 is 7.90. The standard InChI is InChI=1S/C14H16ClNOS/c15-10-4-5-13-11(8-10)12(6-7-18-13)16-14(17)9-2-1-3-9/h4-5,8-9,12H,1-3,6-7H2,(H,16,17). The number of nitrogens with one attached hydrogen (secondary N) is 1. The fourth-order valence-electron chi connectivity index (χ4n) is 2.48. The van der Waals surface area contributed by atoms with Crippen LogP contribution in [0.4, 0.5) is 0 Å². The molecular formula is C14H16ClNOS. The number of carbonyl (C=O) groups excluding carboxylic acids is 1. The number of rotatable bonds is 2. The summed E-state index contributed by atoms with van der Waals surface area (Å²) in [6.45, 7) is 0. The Morgan fingerprint density at radius 1 is 1.33 bits per heavy atom. The van der Waals surface area contributed by atoms with Crippen LogP contribution in [-0.2, 0) is 4.79 Å². The third-order valence-electron chi connectivity index (χ3n) is 3.80. The highest BCUT2D eigenvalue weighted by Crippen LogP contribution is 2.38. The first kappa shape index (κ1) is 12.4. The molecule has 1 atom stereocenters. The van der Waals surface area contributed by atoms with E-state index in [1.807, 2.05) is 23.9 Å². The molecule has 1 aliphatic heterocycles. The Morgan fingerprint density at radius 2 is 2.17 bits per heavy atom. The Labute approximate surface area is 116 Å². The van der Waals surface area contributed by atoms with Crippen LogP contribution < -0.4 is 5.32 Å². The fourth-order valence-corrected chi connectivity index (χ4v) is 3.76. The Hall–Kier alpha value is -0.670. The zero-order chi connectivity index (χ0) is 12.5. The molecule has 1 amide bonds. The van der Waals surface area contributed by atoms with Crippen molar-refractivity contribution in [3.8, 4) is 0 Å². The lowest BCUT2D eigenvalue weighted by Crippen LogP contribution is -2.37. The first-order valence-electron chi connectivity index (χ1n) is 6.46. The van der Waals surface area contributed by atoms with Gasteiger partial charge in [-0.1, -0.05) is 18.0 Å². The molecule has 4 heteroatoms. The van der Waals surface area contributed by atoms with Gasteiger partial charge in [0.15, 0.2) is 0 Å². The van der Waals surface area contributed by atoms with Crippen LogP contribution in [0.3, 0.4) is 0 Å². The van der Waals surface area contributed by atoms with E-state index in [-0.39, 0.29) is 17.9 Å². The van der Waals surface area contributed by atoms with Gasteiger partial charge in [-0.2, -0.15) is 0 Å². The molecule has 0 saturated heterocycles. The van der Waals surface area contributed by atoms with Gasteiger partial charge in [0.2, 0.25) is 5.91 Å². The van der Waals surface area contributed by atoms with Crippen LogP contribution in [0.15, 0.2) is 23.1 Å². The lowest BCUT2D eigenvalue weighted by molar-refractivity contribution is -0.128. The Morgan fingerprint density at radius 3 is 2.89 bits per heavy atom. The quantitative estimate of drug-likeness (QED) is 0.893. The second-order valence-corrected chi connectivity index (χ2v) is 6.58. The summed E-state index contributed by atoms with van der Waals surface area (Å²) < 4.78 is 0. The van der Waals surface area contributed by atoms with Crippen molar-refractivity contribution in [1.29, 1.82) is 0 Å². The highest BCUT2D eigenvalue weighted by molar-refractivity contribution is 7.99. The summed E-state index contributed by atoms with van der Waals surface area (Å²) in [6.07, 6.45) is 4.29. The third-order valence-corrected chi connectivity index (χ3v) is 5.16. The van der Waals surface area contributed by atoms with Crippen molar-refractivity contribution < 1.29 is 4.79 Å². The van der Waals surface area contributed by atoms with E-state index in [1.165, 1.54) is 16.9 Å². The lowest BCUT2D eigenvalue weighted by atomic mass is 9.84. The van der Waals surface area contributed by atoms with E-state index in [0.29, 0.717) is 0 Å². The topological polar surface area (TPSA) is 29.1 Å².